The Morgan fingerprint density at radius 1 is 1.39 bits per heavy atom. The van der Waals surface area contributed by atoms with Crippen molar-refractivity contribution in [3.63, 3.8) is 0 Å². The number of likely N-dealkylation sites (tertiary alicyclic amines) is 1. The van der Waals surface area contributed by atoms with E-state index >= 15 is 0 Å². The highest BCUT2D eigenvalue weighted by Crippen LogP contribution is 2.14. The topological polar surface area (TPSA) is 44.8 Å². The van der Waals surface area contributed by atoms with Crippen LogP contribution in [0.4, 0.5) is 0 Å². The van der Waals surface area contributed by atoms with Crippen LogP contribution < -0.4 is 5.32 Å². The van der Waals surface area contributed by atoms with Gasteiger partial charge < -0.3 is 10.1 Å². The van der Waals surface area contributed by atoms with Crippen LogP contribution in [0.1, 0.15) is 6.92 Å². The summed E-state index contributed by atoms with van der Waals surface area (Å²) in [5.41, 5.74) is 0. The molecular weight excluding hydrogens is 230 g/mol. The Morgan fingerprint density at radius 2 is 2.11 bits per heavy atom. The minimum atomic E-state index is -0.239. The van der Waals surface area contributed by atoms with Crippen molar-refractivity contribution in [1.82, 2.24) is 15.1 Å². The minimum Gasteiger partial charge on any atom is -0.463 e. The monoisotopic (exact) mass is 253 g/mol. The van der Waals surface area contributed by atoms with Gasteiger partial charge in [-0.15, -0.1) is 0 Å². The summed E-state index contributed by atoms with van der Waals surface area (Å²) in [6, 6.07) is 0.711. The number of esters is 1. The molecule has 2 saturated heterocycles. The fourth-order valence-corrected chi connectivity index (χ4v) is 2.46. The highest BCUT2D eigenvalue weighted by molar-refractivity contribution is 5.81. The molecule has 2 rings (SSSR count). The van der Waals surface area contributed by atoms with Gasteiger partial charge in [-0.1, -0.05) is 6.08 Å². The van der Waals surface area contributed by atoms with Gasteiger partial charge in [0.05, 0.1) is 6.61 Å². The van der Waals surface area contributed by atoms with Crippen molar-refractivity contribution in [3.8, 4) is 0 Å². The Kier molecular flexibility index (Phi) is 5.16. The molecule has 0 saturated carbocycles. The molecule has 5 nitrogen and oxygen atoms in total. The minimum absolute atomic E-state index is 0.239. The maximum absolute atomic E-state index is 11.1. The van der Waals surface area contributed by atoms with Crippen LogP contribution in [0.2, 0.25) is 0 Å². The van der Waals surface area contributed by atoms with Gasteiger partial charge in [-0.2, -0.15) is 0 Å². The Labute approximate surface area is 109 Å². The van der Waals surface area contributed by atoms with Gasteiger partial charge in [0, 0.05) is 57.9 Å². The lowest BCUT2D eigenvalue weighted by atomic mass is 10.1. The smallest absolute Gasteiger partial charge is 0.330 e. The molecule has 0 aromatic carbocycles. The Bertz CT molecular complexity index is 295. The maximum Gasteiger partial charge on any atom is 0.330 e. The van der Waals surface area contributed by atoms with Gasteiger partial charge in [0.2, 0.25) is 0 Å². The lowest BCUT2D eigenvalue weighted by Gasteiger charge is -2.46. The molecule has 0 amide bonds. The fraction of sp³-hybridized carbons (Fsp3) is 0.769. The number of hydrogen-bond donors (Lipinski definition) is 1. The van der Waals surface area contributed by atoms with Gasteiger partial charge >= 0.3 is 5.97 Å². The van der Waals surface area contributed by atoms with Crippen molar-refractivity contribution in [2.24, 2.45) is 0 Å². The molecule has 2 aliphatic heterocycles. The van der Waals surface area contributed by atoms with Crippen molar-refractivity contribution >= 4 is 5.97 Å². The summed E-state index contributed by atoms with van der Waals surface area (Å²) < 4.78 is 4.83. The Morgan fingerprint density at radius 3 is 2.78 bits per heavy atom. The van der Waals surface area contributed by atoms with Crippen LogP contribution in [0.25, 0.3) is 0 Å². The van der Waals surface area contributed by atoms with E-state index in [4.69, 9.17) is 4.74 Å². The van der Waals surface area contributed by atoms with Crippen LogP contribution in [0.3, 0.4) is 0 Å². The number of rotatable bonds is 5. The Balaban J connectivity index is 1.59. The number of nitrogens with zero attached hydrogens (tertiary/aromatic N) is 2. The number of nitrogens with one attached hydrogen (secondary N) is 1. The highest BCUT2D eigenvalue weighted by Gasteiger charge is 2.31. The summed E-state index contributed by atoms with van der Waals surface area (Å²) in [5.74, 6) is -0.239. The van der Waals surface area contributed by atoms with Crippen molar-refractivity contribution in [1.29, 1.82) is 0 Å². The van der Waals surface area contributed by atoms with E-state index in [9.17, 15) is 4.79 Å². The molecule has 0 aliphatic carbocycles. The van der Waals surface area contributed by atoms with E-state index in [2.05, 4.69) is 15.1 Å². The standard InChI is InChI=1S/C13H23N3O2/c1-2-18-13(17)4-3-7-15-10-12(11-15)16-8-5-14-6-9-16/h3-4,12,14H,2,5-11H2,1H3/b4-3+. The van der Waals surface area contributed by atoms with Crippen molar-refractivity contribution in [2.75, 3.05) is 52.4 Å². The summed E-state index contributed by atoms with van der Waals surface area (Å²) in [7, 11) is 0. The number of carbonyl (C=O) groups excluding carboxylic acids is 1. The number of piperazine rings is 1. The molecular formula is C13H23N3O2. The SMILES string of the molecule is CCOC(=O)/C=C/CN1CC(N2CCNCC2)C1. The molecule has 102 valence electrons. The van der Waals surface area contributed by atoms with Crippen molar-refractivity contribution in [3.05, 3.63) is 12.2 Å². The first-order valence-electron chi connectivity index (χ1n) is 6.80. The van der Waals surface area contributed by atoms with Gasteiger partial charge in [0.15, 0.2) is 0 Å². The normalized spacial score (nSPS) is 23.2. The molecule has 2 heterocycles. The quantitative estimate of drug-likeness (QED) is 0.538. The van der Waals surface area contributed by atoms with Gasteiger partial charge in [-0.05, 0) is 6.92 Å². The number of hydrogen-bond acceptors (Lipinski definition) is 5. The van der Waals surface area contributed by atoms with Crippen LogP contribution >= 0.6 is 0 Å². The van der Waals surface area contributed by atoms with Gasteiger partial charge in [0.25, 0.3) is 0 Å². The first-order chi connectivity index (χ1) is 8.79. The van der Waals surface area contributed by atoms with Crippen LogP contribution in [0.15, 0.2) is 12.2 Å². The highest BCUT2D eigenvalue weighted by atomic mass is 16.5. The van der Waals surface area contributed by atoms with Crippen LogP contribution in [0, 0.1) is 0 Å². The lowest BCUT2D eigenvalue weighted by Crippen LogP contribution is -2.62. The van der Waals surface area contributed by atoms with E-state index in [-0.39, 0.29) is 5.97 Å². The predicted molar refractivity (Wildman–Crippen MR) is 70.4 cm³/mol. The van der Waals surface area contributed by atoms with Gasteiger partial charge in [-0.25, -0.2) is 4.79 Å². The fourth-order valence-electron chi connectivity index (χ4n) is 2.46. The molecule has 0 bridgehead atoms. The molecule has 2 aliphatic rings. The molecule has 0 spiro atoms. The van der Waals surface area contributed by atoms with Crippen LogP contribution in [-0.2, 0) is 9.53 Å². The van der Waals surface area contributed by atoms with E-state index in [1.165, 1.54) is 6.08 Å². The molecule has 0 aromatic rings. The van der Waals surface area contributed by atoms with Gasteiger partial charge in [-0.3, -0.25) is 9.80 Å². The predicted octanol–water partition coefficient (Wildman–Crippen LogP) is -0.305. The third-order valence-corrected chi connectivity index (χ3v) is 3.51. The number of carbonyl (C=O) groups is 1. The maximum atomic E-state index is 11.1. The van der Waals surface area contributed by atoms with E-state index in [1.54, 1.807) is 0 Å². The van der Waals surface area contributed by atoms with Crippen LogP contribution in [0.5, 0.6) is 0 Å². The summed E-state index contributed by atoms with van der Waals surface area (Å²) in [6.07, 6.45) is 3.42. The lowest BCUT2D eigenvalue weighted by molar-refractivity contribution is -0.137. The largest absolute Gasteiger partial charge is 0.463 e. The zero-order chi connectivity index (χ0) is 12.8. The first-order valence-corrected chi connectivity index (χ1v) is 6.80. The summed E-state index contributed by atoms with van der Waals surface area (Å²) in [5, 5.41) is 3.37. The van der Waals surface area contributed by atoms with E-state index < -0.39 is 0 Å². The molecule has 2 fully saturated rings. The summed E-state index contributed by atoms with van der Waals surface area (Å²) in [4.78, 5) is 16.0. The number of ether oxygens (including phenoxy) is 1. The molecule has 0 radical (unpaired) electrons. The van der Waals surface area contributed by atoms with Crippen molar-refractivity contribution in [2.45, 2.75) is 13.0 Å². The zero-order valence-electron chi connectivity index (χ0n) is 11.1. The molecule has 0 unspecified atom stereocenters. The van der Waals surface area contributed by atoms with Crippen molar-refractivity contribution < 1.29 is 9.53 Å². The van der Waals surface area contributed by atoms with E-state index in [0.29, 0.717) is 12.6 Å². The molecule has 0 aromatic heterocycles. The third-order valence-electron chi connectivity index (χ3n) is 3.51. The molecule has 0 atom stereocenters. The summed E-state index contributed by atoms with van der Waals surface area (Å²) >= 11 is 0. The molecule has 1 N–H and O–H groups in total. The summed E-state index contributed by atoms with van der Waals surface area (Å²) in [6.45, 7) is 9.89. The van der Waals surface area contributed by atoms with Gasteiger partial charge in [0.1, 0.15) is 0 Å². The first kappa shape index (κ1) is 13.5. The second kappa shape index (κ2) is 6.87. The van der Waals surface area contributed by atoms with E-state index in [1.807, 2.05) is 13.0 Å². The second-order valence-corrected chi connectivity index (χ2v) is 4.81. The average molecular weight is 253 g/mol. The Hall–Kier alpha value is -0.910. The second-order valence-electron chi connectivity index (χ2n) is 4.81. The van der Waals surface area contributed by atoms with Crippen LogP contribution in [-0.4, -0.2) is 74.2 Å². The average Bonchev–Trinajstić information content (AvgIpc) is 2.33. The van der Waals surface area contributed by atoms with E-state index in [0.717, 1.165) is 45.8 Å². The zero-order valence-corrected chi connectivity index (χ0v) is 11.1. The molecule has 18 heavy (non-hydrogen) atoms. The third kappa shape index (κ3) is 3.80. The molecule has 5 heteroatoms.